The molecule has 48 heavy (non-hydrogen) atoms. The van der Waals surface area contributed by atoms with E-state index in [1.54, 1.807) is 60.3 Å². The van der Waals surface area contributed by atoms with Crippen molar-refractivity contribution in [1.29, 1.82) is 0 Å². The van der Waals surface area contributed by atoms with Crippen molar-refractivity contribution in [1.82, 2.24) is 24.8 Å². The number of ether oxygens (including phenoxy) is 1. The summed E-state index contributed by atoms with van der Waals surface area (Å²) in [5.41, 5.74) is 2.74. The third kappa shape index (κ3) is 10.1. The van der Waals surface area contributed by atoms with Crippen LogP contribution in [-0.2, 0) is 13.5 Å². The van der Waals surface area contributed by atoms with Crippen LogP contribution in [0.3, 0.4) is 0 Å². The van der Waals surface area contributed by atoms with Crippen molar-refractivity contribution in [2.45, 2.75) is 33.1 Å². The zero-order valence-electron chi connectivity index (χ0n) is 28.1. The third-order valence-electron chi connectivity index (χ3n) is 7.32. The molecule has 3 amide bonds. The standard InChI is InChI=1S/C35H42FN7O4S/c1-22(2)8-15-30-31(34(46)37-16-7-17-42(3)4)40-35(48-30)41-33(45)28-19-26(21-43(28)5)39-32(44)24-11-13-25(38-20-24)12-9-23-10-14-27(36)29(18-23)47-6/h9-14,18-22H,7-8,15-17H2,1-6H3,(H,37,46)(H,39,44)(H,40,41,45)/b12-9+. The monoisotopic (exact) mass is 675 g/mol. The van der Waals surface area contributed by atoms with E-state index in [1.165, 1.54) is 30.7 Å². The van der Waals surface area contributed by atoms with E-state index in [-0.39, 0.29) is 11.7 Å². The van der Waals surface area contributed by atoms with E-state index in [4.69, 9.17) is 4.74 Å². The Bertz CT molecular complexity index is 1760. The topological polar surface area (TPSA) is 130 Å². The first kappa shape index (κ1) is 36.0. The molecule has 4 aromatic rings. The Morgan fingerprint density at radius 2 is 1.85 bits per heavy atom. The molecule has 0 spiro atoms. The van der Waals surface area contributed by atoms with Gasteiger partial charge in [0.15, 0.2) is 16.7 Å². The van der Waals surface area contributed by atoms with Gasteiger partial charge in [-0.1, -0.05) is 26.0 Å². The predicted molar refractivity (Wildman–Crippen MR) is 188 cm³/mol. The van der Waals surface area contributed by atoms with Crippen molar-refractivity contribution < 1.29 is 23.5 Å². The number of methoxy groups -OCH3 is 1. The van der Waals surface area contributed by atoms with Crippen molar-refractivity contribution in [2.24, 2.45) is 13.0 Å². The number of hydrogen-bond donors (Lipinski definition) is 3. The van der Waals surface area contributed by atoms with Gasteiger partial charge in [0.1, 0.15) is 11.4 Å². The van der Waals surface area contributed by atoms with Crippen molar-refractivity contribution in [2.75, 3.05) is 44.9 Å². The number of amides is 3. The first-order valence-electron chi connectivity index (χ1n) is 15.6. The molecule has 4 rings (SSSR count). The van der Waals surface area contributed by atoms with Crippen LogP contribution < -0.4 is 20.7 Å². The second-order valence-electron chi connectivity index (χ2n) is 12.0. The number of carbonyl (C=O) groups is 3. The number of carbonyl (C=O) groups excluding carboxylic acids is 3. The van der Waals surface area contributed by atoms with Gasteiger partial charge in [0, 0.05) is 30.9 Å². The smallest absolute Gasteiger partial charge is 0.274 e. The summed E-state index contributed by atoms with van der Waals surface area (Å²) in [6, 6.07) is 9.43. The molecule has 0 radical (unpaired) electrons. The highest BCUT2D eigenvalue weighted by Gasteiger charge is 2.21. The van der Waals surface area contributed by atoms with Crippen LogP contribution >= 0.6 is 11.3 Å². The van der Waals surface area contributed by atoms with Crippen molar-refractivity contribution in [3.63, 3.8) is 0 Å². The van der Waals surface area contributed by atoms with Gasteiger partial charge in [0.2, 0.25) is 0 Å². The summed E-state index contributed by atoms with van der Waals surface area (Å²) in [5.74, 6) is -0.914. The van der Waals surface area contributed by atoms with Gasteiger partial charge in [-0.15, -0.1) is 11.3 Å². The summed E-state index contributed by atoms with van der Waals surface area (Å²) in [6.07, 6.45) is 8.98. The van der Waals surface area contributed by atoms with Gasteiger partial charge in [-0.05, 0) is 87.8 Å². The average Bonchev–Trinajstić information content (AvgIpc) is 3.63. The normalized spacial score (nSPS) is 11.4. The number of nitrogens with zero attached hydrogens (tertiary/aromatic N) is 4. The van der Waals surface area contributed by atoms with Gasteiger partial charge in [-0.2, -0.15) is 0 Å². The Kier molecular flexibility index (Phi) is 12.6. The molecule has 0 aliphatic carbocycles. The lowest BCUT2D eigenvalue weighted by Gasteiger charge is -2.10. The average molecular weight is 676 g/mol. The highest BCUT2D eigenvalue weighted by molar-refractivity contribution is 7.16. The van der Waals surface area contributed by atoms with Crippen LogP contribution in [0.4, 0.5) is 15.2 Å². The van der Waals surface area contributed by atoms with Crippen LogP contribution in [0.5, 0.6) is 5.75 Å². The lowest BCUT2D eigenvalue weighted by Crippen LogP contribution is -2.28. The number of halogens is 1. The molecule has 13 heteroatoms. The molecule has 0 aliphatic rings. The maximum Gasteiger partial charge on any atom is 0.274 e. The summed E-state index contributed by atoms with van der Waals surface area (Å²) >= 11 is 1.30. The second kappa shape index (κ2) is 16.8. The Morgan fingerprint density at radius 1 is 1.06 bits per heavy atom. The number of rotatable bonds is 15. The quantitative estimate of drug-likeness (QED) is 0.132. The van der Waals surface area contributed by atoms with Crippen molar-refractivity contribution in [3.8, 4) is 5.75 Å². The van der Waals surface area contributed by atoms with E-state index >= 15 is 0 Å². The molecule has 0 bridgehead atoms. The summed E-state index contributed by atoms with van der Waals surface area (Å²) in [5, 5.41) is 8.91. The highest BCUT2D eigenvalue weighted by atomic mass is 32.1. The van der Waals surface area contributed by atoms with E-state index in [1.807, 2.05) is 14.1 Å². The molecule has 0 unspecified atom stereocenters. The molecule has 3 aromatic heterocycles. The zero-order chi connectivity index (χ0) is 34.8. The Morgan fingerprint density at radius 3 is 2.54 bits per heavy atom. The van der Waals surface area contributed by atoms with Crippen LogP contribution in [0.15, 0.2) is 48.8 Å². The van der Waals surface area contributed by atoms with Gasteiger partial charge >= 0.3 is 0 Å². The molecule has 0 saturated carbocycles. The largest absolute Gasteiger partial charge is 0.494 e. The first-order valence-corrected chi connectivity index (χ1v) is 16.4. The molecule has 0 atom stereocenters. The Hall–Kier alpha value is -4.88. The molecule has 1 aromatic carbocycles. The number of benzene rings is 1. The van der Waals surface area contributed by atoms with Gasteiger partial charge in [0.05, 0.1) is 24.1 Å². The maximum atomic E-state index is 13.7. The Balaban J connectivity index is 1.39. The number of aromatic nitrogens is 3. The van der Waals surface area contributed by atoms with Crippen molar-refractivity contribution in [3.05, 3.63) is 87.7 Å². The van der Waals surface area contributed by atoms with Crippen LogP contribution in [0.1, 0.15) is 74.2 Å². The third-order valence-corrected chi connectivity index (χ3v) is 8.35. The lowest BCUT2D eigenvalue weighted by atomic mass is 10.1. The van der Waals surface area contributed by atoms with E-state index in [9.17, 15) is 18.8 Å². The number of anilines is 2. The summed E-state index contributed by atoms with van der Waals surface area (Å²) in [6.45, 7) is 5.63. The minimum Gasteiger partial charge on any atom is -0.494 e. The predicted octanol–water partition coefficient (Wildman–Crippen LogP) is 5.97. The van der Waals surface area contributed by atoms with Crippen LogP contribution in [0.25, 0.3) is 12.2 Å². The summed E-state index contributed by atoms with van der Waals surface area (Å²) < 4.78 is 20.3. The number of hydrogen-bond acceptors (Lipinski definition) is 8. The number of nitrogens with one attached hydrogen (secondary N) is 3. The van der Waals surface area contributed by atoms with Gasteiger partial charge in [0.25, 0.3) is 17.7 Å². The summed E-state index contributed by atoms with van der Waals surface area (Å²) in [4.78, 5) is 50.9. The fourth-order valence-corrected chi connectivity index (χ4v) is 5.64. The van der Waals surface area contributed by atoms with E-state index in [0.717, 1.165) is 29.8 Å². The fourth-order valence-electron chi connectivity index (χ4n) is 4.68. The minimum absolute atomic E-state index is 0.147. The molecule has 0 aliphatic heterocycles. The molecule has 0 fully saturated rings. The number of aryl methyl sites for hydroxylation is 2. The van der Waals surface area contributed by atoms with Crippen LogP contribution in [0, 0.1) is 11.7 Å². The second-order valence-corrected chi connectivity index (χ2v) is 13.1. The lowest BCUT2D eigenvalue weighted by molar-refractivity contribution is 0.0944. The molecule has 254 valence electrons. The maximum absolute atomic E-state index is 13.7. The van der Waals surface area contributed by atoms with Crippen molar-refractivity contribution >= 4 is 52.0 Å². The summed E-state index contributed by atoms with van der Waals surface area (Å²) in [7, 11) is 7.07. The van der Waals surface area contributed by atoms with Gasteiger partial charge in [-0.25, -0.2) is 9.37 Å². The zero-order valence-corrected chi connectivity index (χ0v) is 28.9. The fraction of sp³-hybridized carbons (Fsp3) is 0.343. The highest BCUT2D eigenvalue weighted by Crippen LogP contribution is 2.27. The molecule has 0 saturated heterocycles. The number of pyridine rings is 1. The minimum atomic E-state index is -0.443. The van der Waals surface area contributed by atoms with Gasteiger partial charge in [-0.3, -0.25) is 24.7 Å². The Labute approximate surface area is 284 Å². The molecule has 3 heterocycles. The number of thiazole rings is 1. The van der Waals surface area contributed by atoms with E-state index < -0.39 is 17.6 Å². The van der Waals surface area contributed by atoms with Gasteiger partial charge < -0.3 is 24.8 Å². The van der Waals surface area contributed by atoms with E-state index in [2.05, 4.69) is 44.7 Å². The molecular weight excluding hydrogens is 633 g/mol. The molecule has 3 N–H and O–H groups in total. The first-order chi connectivity index (χ1) is 22.9. The van der Waals surface area contributed by atoms with E-state index in [0.29, 0.717) is 52.3 Å². The van der Waals surface area contributed by atoms with Crippen LogP contribution in [0.2, 0.25) is 0 Å². The molecule has 11 nitrogen and oxygen atoms in total. The SMILES string of the molecule is COc1cc(/C=C/c2ccc(C(=O)Nc3cc(C(=O)Nc4nc(C(=O)NCCCN(C)C)c(CCC(C)C)s4)n(C)c3)cn2)ccc1F. The van der Waals surface area contributed by atoms with Crippen LogP contribution in [-0.4, -0.2) is 71.5 Å². The molecular formula is C35H42FN7O4S.